The van der Waals surface area contributed by atoms with Crippen LogP contribution in [0.3, 0.4) is 0 Å². The lowest BCUT2D eigenvalue weighted by Crippen LogP contribution is -2.53. The molecule has 0 bridgehead atoms. The number of hydrogen-bond acceptors (Lipinski definition) is 3. The number of aryl methyl sites for hydroxylation is 1. The second kappa shape index (κ2) is 7.83. The lowest BCUT2D eigenvalue weighted by molar-refractivity contribution is -0.128. The highest BCUT2D eigenvalue weighted by atomic mass is 32.1. The molecule has 1 aliphatic rings. The number of carbonyl (C=O) groups is 2. The van der Waals surface area contributed by atoms with Gasteiger partial charge in [-0.15, -0.1) is 6.58 Å². The Labute approximate surface area is 141 Å². The van der Waals surface area contributed by atoms with E-state index in [1.165, 1.54) is 10.5 Å². The summed E-state index contributed by atoms with van der Waals surface area (Å²) in [6.07, 6.45) is 6.50. The third-order valence-electron chi connectivity index (χ3n) is 3.61. The average Bonchev–Trinajstić information content (AvgIpc) is 2.54. The summed E-state index contributed by atoms with van der Waals surface area (Å²) in [5.74, 6) is -0.857. The van der Waals surface area contributed by atoms with E-state index in [0.29, 0.717) is 0 Å². The lowest BCUT2D eigenvalue weighted by Gasteiger charge is -2.27. The molecule has 0 saturated carbocycles. The first-order valence-electron chi connectivity index (χ1n) is 7.65. The Kier molecular flexibility index (Phi) is 5.82. The molecular formula is C18H20N2O2S. The van der Waals surface area contributed by atoms with Crippen LogP contribution in [0, 0.1) is 0 Å². The molecule has 1 aromatic rings. The first-order valence-corrected chi connectivity index (χ1v) is 8.06. The normalized spacial score (nSPS) is 16.7. The third kappa shape index (κ3) is 4.13. The molecule has 1 aliphatic heterocycles. The maximum atomic E-state index is 12.4. The number of rotatable bonds is 6. The minimum atomic E-state index is -0.463. The molecule has 0 unspecified atom stereocenters. The molecular weight excluding hydrogens is 308 g/mol. The van der Waals surface area contributed by atoms with E-state index in [1.807, 2.05) is 24.3 Å². The van der Waals surface area contributed by atoms with Gasteiger partial charge in [-0.3, -0.25) is 19.8 Å². The maximum absolute atomic E-state index is 12.4. The topological polar surface area (TPSA) is 49.4 Å². The van der Waals surface area contributed by atoms with E-state index < -0.39 is 11.8 Å². The van der Waals surface area contributed by atoms with Crippen LogP contribution in [0.1, 0.15) is 30.9 Å². The van der Waals surface area contributed by atoms with Crippen molar-refractivity contribution in [2.75, 3.05) is 6.54 Å². The first kappa shape index (κ1) is 17.1. The van der Waals surface area contributed by atoms with Crippen LogP contribution in [0.25, 0.3) is 6.08 Å². The van der Waals surface area contributed by atoms with Crippen LogP contribution in [0.15, 0.2) is 42.5 Å². The number of nitrogens with one attached hydrogen (secondary N) is 1. The number of hydrogen-bond donors (Lipinski definition) is 1. The summed E-state index contributed by atoms with van der Waals surface area (Å²) >= 11 is 5.02. The van der Waals surface area contributed by atoms with Gasteiger partial charge in [0.1, 0.15) is 5.57 Å². The molecule has 120 valence electrons. The van der Waals surface area contributed by atoms with Crippen LogP contribution in [0.4, 0.5) is 0 Å². The number of benzene rings is 1. The monoisotopic (exact) mass is 328 g/mol. The lowest BCUT2D eigenvalue weighted by atomic mass is 10.0. The van der Waals surface area contributed by atoms with Gasteiger partial charge in [-0.1, -0.05) is 43.7 Å². The van der Waals surface area contributed by atoms with Crippen LogP contribution in [-0.2, 0) is 16.0 Å². The van der Waals surface area contributed by atoms with Gasteiger partial charge in [0.2, 0.25) is 0 Å². The Bertz CT molecular complexity index is 662. The summed E-state index contributed by atoms with van der Waals surface area (Å²) in [4.78, 5) is 25.8. The Balaban J connectivity index is 2.22. The first-order chi connectivity index (χ1) is 11.1. The number of carbonyl (C=O) groups excluding carboxylic acids is 2. The number of nitrogens with zero attached hydrogens (tertiary/aromatic N) is 1. The van der Waals surface area contributed by atoms with Crippen molar-refractivity contribution < 1.29 is 9.59 Å². The van der Waals surface area contributed by atoms with Crippen LogP contribution < -0.4 is 5.32 Å². The summed E-state index contributed by atoms with van der Waals surface area (Å²) in [5.41, 5.74) is 2.15. The van der Waals surface area contributed by atoms with Gasteiger partial charge in [0, 0.05) is 6.54 Å². The number of thiocarbonyl (C=S) groups is 1. The van der Waals surface area contributed by atoms with Gasteiger partial charge in [0.05, 0.1) is 0 Å². The quantitative estimate of drug-likeness (QED) is 0.378. The van der Waals surface area contributed by atoms with E-state index in [0.717, 1.165) is 24.8 Å². The SMILES string of the molecule is C=CCN1C(=O)/C(=C/c2ccc(CCCC)cc2)C(=O)NC1=S. The highest BCUT2D eigenvalue weighted by molar-refractivity contribution is 7.80. The molecule has 2 amide bonds. The predicted molar refractivity (Wildman–Crippen MR) is 95.7 cm³/mol. The van der Waals surface area contributed by atoms with E-state index in [2.05, 4.69) is 18.8 Å². The van der Waals surface area contributed by atoms with Gasteiger partial charge in [-0.2, -0.15) is 0 Å². The van der Waals surface area contributed by atoms with Gasteiger partial charge in [0.25, 0.3) is 11.8 Å². The van der Waals surface area contributed by atoms with Crippen LogP contribution >= 0.6 is 12.2 Å². The van der Waals surface area contributed by atoms with Crippen molar-refractivity contribution in [3.8, 4) is 0 Å². The third-order valence-corrected chi connectivity index (χ3v) is 3.93. The van der Waals surface area contributed by atoms with Crippen molar-refractivity contribution in [3.05, 3.63) is 53.6 Å². The fourth-order valence-corrected chi connectivity index (χ4v) is 2.57. The van der Waals surface area contributed by atoms with E-state index in [-0.39, 0.29) is 17.2 Å². The van der Waals surface area contributed by atoms with Gasteiger partial charge in [0.15, 0.2) is 5.11 Å². The molecule has 0 aromatic heterocycles. The van der Waals surface area contributed by atoms with Crippen molar-refractivity contribution in [1.29, 1.82) is 0 Å². The smallest absolute Gasteiger partial charge is 0.265 e. The fourth-order valence-electron chi connectivity index (χ4n) is 2.32. The van der Waals surface area contributed by atoms with Gasteiger partial charge in [-0.25, -0.2) is 0 Å². The van der Waals surface area contributed by atoms with E-state index in [4.69, 9.17) is 12.2 Å². The standard InChI is InChI=1S/C18H20N2O2S/c1-3-5-6-13-7-9-14(10-8-13)12-15-16(21)19-18(23)20(11-4-2)17(15)22/h4,7-10,12H,2-3,5-6,11H2,1H3,(H,19,21,23)/b15-12+. The molecule has 23 heavy (non-hydrogen) atoms. The average molecular weight is 328 g/mol. The van der Waals surface area contributed by atoms with Gasteiger partial charge >= 0.3 is 0 Å². The van der Waals surface area contributed by atoms with Crippen LogP contribution in [-0.4, -0.2) is 28.4 Å². The Morgan fingerprint density at radius 2 is 1.96 bits per heavy atom. The van der Waals surface area contributed by atoms with E-state index in [1.54, 1.807) is 12.2 Å². The predicted octanol–water partition coefficient (Wildman–Crippen LogP) is 2.84. The summed E-state index contributed by atoms with van der Waals surface area (Å²) in [5, 5.41) is 2.65. The molecule has 0 aliphatic carbocycles. The Morgan fingerprint density at radius 1 is 1.26 bits per heavy atom. The van der Waals surface area contributed by atoms with Gasteiger partial charge in [-0.05, 0) is 42.3 Å². The van der Waals surface area contributed by atoms with Crippen molar-refractivity contribution in [2.45, 2.75) is 26.2 Å². The van der Waals surface area contributed by atoms with Crippen molar-refractivity contribution in [1.82, 2.24) is 10.2 Å². The fraction of sp³-hybridized carbons (Fsp3) is 0.278. The number of amides is 2. The molecule has 1 fully saturated rings. The summed E-state index contributed by atoms with van der Waals surface area (Å²) in [7, 11) is 0. The molecule has 1 saturated heterocycles. The molecule has 1 aromatic carbocycles. The molecule has 5 heteroatoms. The minimum Gasteiger partial charge on any atom is -0.298 e. The van der Waals surface area contributed by atoms with E-state index in [9.17, 15) is 9.59 Å². The molecule has 2 rings (SSSR count). The zero-order valence-electron chi connectivity index (χ0n) is 13.2. The zero-order valence-corrected chi connectivity index (χ0v) is 14.0. The molecule has 0 atom stereocenters. The van der Waals surface area contributed by atoms with Gasteiger partial charge < -0.3 is 0 Å². The second-order valence-corrected chi connectivity index (χ2v) is 5.75. The van der Waals surface area contributed by atoms with Crippen LogP contribution in [0.2, 0.25) is 0 Å². The maximum Gasteiger partial charge on any atom is 0.265 e. The summed E-state index contributed by atoms with van der Waals surface area (Å²) < 4.78 is 0. The van der Waals surface area contributed by atoms with E-state index >= 15 is 0 Å². The zero-order chi connectivity index (χ0) is 16.8. The molecule has 0 radical (unpaired) electrons. The molecule has 4 nitrogen and oxygen atoms in total. The number of unbranched alkanes of at least 4 members (excludes halogenated alkanes) is 1. The Morgan fingerprint density at radius 3 is 2.57 bits per heavy atom. The second-order valence-electron chi connectivity index (χ2n) is 5.37. The molecule has 1 heterocycles. The molecule has 0 spiro atoms. The van der Waals surface area contributed by atoms with Crippen molar-refractivity contribution in [2.24, 2.45) is 0 Å². The van der Waals surface area contributed by atoms with Crippen molar-refractivity contribution in [3.63, 3.8) is 0 Å². The van der Waals surface area contributed by atoms with Crippen molar-refractivity contribution >= 4 is 35.2 Å². The summed E-state index contributed by atoms with van der Waals surface area (Å²) in [6.45, 7) is 6.03. The summed E-state index contributed by atoms with van der Waals surface area (Å²) in [6, 6.07) is 7.89. The minimum absolute atomic E-state index is 0.0850. The highest BCUT2D eigenvalue weighted by Crippen LogP contribution is 2.16. The molecule has 1 N–H and O–H groups in total. The highest BCUT2D eigenvalue weighted by Gasteiger charge is 2.32. The largest absolute Gasteiger partial charge is 0.298 e. The Hall–Kier alpha value is -2.27. The van der Waals surface area contributed by atoms with Crippen LogP contribution in [0.5, 0.6) is 0 Å².